The van der Waals surface area contributed by atoms with E-state index in [1.807, 2.05) is 24.3 Å². The van der Waals surface area contributed by atoms with Crippen molar-refractivity contribution in [2.24, 2.45) is 5.73 Å². The molecule has 2 nitrogen and oxygen atoms in total. The molecule has 0 saturated heterocycles. The van der Waals surface area contributed by atoms with E-state index in [9.17, 15) is 0 Å². The maximum atomic E-state index is 5.97. The summed E-state index contributed by atoms with van der Waals surface area (Å²) in [6, 6.07) is 8.50. The van der Waals surface area contributed by atoms with Gasteiger partial charge < -0.3 is 11.1 Å². The second-order valence-corrected chi connectivity index (χ2v) is 4.29. The first kappa shape index (κ1) is 9.81. The number of rotatable bonds is 2. The fraction of sp³-hybridized carbons (Fsp3) is 0.455. The average Bonchev–Trinajstić information content (AvgIpc) is 2.56. The number of hydrogen-bond donors (Lipinski definition) is 2. The number of hydrogen-bond acceptors (Lipinski definition) is 2. The van der Waals surface area contributed by atoms with Crippen molar-refractivity contribution in [1.29, 1.82) is 0 Å². The predicted molar refractivity (Wildman–Crippen MR) is 60.7 cm³/mol. The third kappa shape index (κ3) is 2.20. The Balaban J connectivity index is 2.00. The zero-order valence-electron chi connectivity index (χ0n) is 8.04. The third-order valence-electron chi connectivity index (χ3n) is 2.77. The lowest BCUT2D eigenvalue weighted by Gasteiger charge is -2.18. The van der Waals surface area contributed by atoms with E-state index < -0.39 is 0 Å². The van der Waals surface area contributed by atoms with Gasteiger partial charge in [-0.2, -0.15) is 0 Å². The van der Waals surface area contributed by atoms with Crippen molar-refractivity contribution in [3.05, 3.63) is 29.3 Å². The topological polar surface area (TPSA) is 38.0 Å². The van der Waals surface area contributed by atoms with Crippen molar-refractivity contribution in [2.75, 3.05) is 5.32 Å². The molecule has 1 aliphatic rings. The van der Waals surface area contributed by atoms with Gasteiger partial charge in [-0.1, -0.05) is 11.6 Å². The van der Waals surface area contributed by atoms with Crippen LogP contribution < -0.4 is 11.1 Å². The lowest BCUT2D eigenvalue weighted by Crippen LogP contribution is -2.35. The predicted octanol–water partition coefficient (Wildman–Crippen LogP) is 2.63. The van der Waals surface area contributed by atoms with Crippen LogP contribution in [0.4, 0.5) is 5.69 Å². The van der Waals surface area contributed by atoms with Gasteiger partial charge in [-0.3, -0.25) is 0 Å². The Morgan fingerprint density at radius 3 is 2.50 bits per heavy atom. The van der Waals surface area contributed by atoms with Crippen LogP contribution in [0.2, 0.25) is 5.02 Å². The Morgan fingerprint density at radius 1 is 1.21 bits per heavy atom. The molecule has 1 saturated carbocycles. The molecular formula is C11H15ClN2. The third-order valence-corrected chi connectivity index (χ3v) is 3.02. The van der Waals surface area contributed by atoms with Crippen LogP contribution in [0.1, 0.15) is 19.3 Å². The molecule has 0 heterocycles. The number of nitrogens with one attached hydrogen (secondary N) is 1. The number of anilines is 1. The molecule has 1 aromatic carbocycles. The van der Waals surface area contributed by atoms with Gasteiger partial charge in [0.05, 0.1) is 0 Å². The fourth-order valence-corrected chi connectivity index (χ4v) is 2.05. The molecule has 0 amide bonds. The maximum absolute atomic E-state index is 5.97. The molecule has 2 atom stereocenters. The normalized spacial score (nSPS) is 26.4. The highest BCUT2D eigenvalue weighted by molar-refractivity contribution is 6.30. The molecule has 1 aliphatic carbocycles. The highest BCUT2D eigenvalue weighted by atomic mass is 35.5. The molecular weight excluding hydrogens is 196 g/mol. The summed E-state index contributed by atoms with van der Waals surface area (Å²) < 4.78 is 0. The molecule has 0 spiro atoms. The summed E-state index contributed by atoms with van der Waals surface area (Å²) in [4.78, 5) is 0. The zero-order chi connectivity index (χ0) is 9.97. The summed E-state index contributed by atoms with van der Waals surface area (Å²) >= 11 is 5.80. The lowest BCUT2D eigenvalue weighted by atomic mass is 10.2. The standard InChI is InChI=1S/C11H15ClN2/c12-8-4-6-9(7-5-8)14-11-3-1-2-10(11)13/h4-7,10-11,14H,1-3,13H2. The van der Waals surface area contributed by atoms with Crippen molar-refractivity contribution in [3.8, 4) is 0 Å². The largest absolute Gasteiger partial charge is 0.381 e. The van der Waals surface area contributed by atoms with Crippen LogP contribution in [0.25, 0.3) is 0 Å². The Bertz CT molecular complexity index is 297. The molecule has 3 heteroatoms. The summed E-state index contributed by atoms with van der Waals surface area (Å²) in [5, 5.41) is 4.20. The highest BCUT2D eigenvalue weighted by Gasteiger charge is 2.23. The van der Waals surface area contributed by atoms with E-state index in [2.05, 4.69) is 5.32 Å². The second-order valence-electron chi connectivity index (χ2n) is 3.85. The van der Waals surface area contributed by atoms with Gasteiger partial charge in [0.1, 0.15) is 0 Å². The van der Waals surface area contributed by atoms with Crippen LogP contribution in [0.5, 0.6) is 0 Å². The molecule has 0 bridgehead atoms. The van der Waals surface area contributed by atoms with E-state index in [4.69, 9.17) is 17.3 Å². The van der Waals surface area contributed by atoms with Gasteiger partial charge in [0.25, 0.3) is 0 Å². The lowest BCUT2D eigenvalue weighted by molar-refractivity contribution is 0.638. The molecule has 2 rings (SSSR count). The molecule has 14 heavy (non-hydrogen) atoms. The fourth-order valence-electron chi connectivity index (χ4n) is 1.93. The van der Waals surface area contributed by atoms with Gasteiger partial charge in [-0.05, 0) is 43.5 Å². The minimum atomic E-state index is 0.297. The summed E-state index contributed by atoms with van der Waals surface area (Å²) in [6.07, 6.45) is 3.53. The van der Waals surface area contributed by atoms with E-state index >= 15 is 0 Å². The number of halogens is 1. The number of nitrogens with two attached hydrogens (primary N) is 1. The van der Waals surface area contributed by atoms with Crippen LogP contribution in [-0.4, -0.2) is 12.1 Å². The van der Waals surface area contributed by atoms with Crippen LogP contribution in [0.15, 0.2) is 24.3 Å². The molecule has 2 unspecified atom stereocenters. The Labute approximate surface area is 89.4 Å². The maximum Gasteiger partial charge on any atom is 0.0412 e. The van der Waals surface area contributed by atoms with Crippen LogP contribution in [0.3, 0.4) is 0 Å². The molecule has 0 aromatic heterocycles. The molecule has 76 valence electrons. The molecule has 3 N–H and O–H groups in total. The van der Waals surface area contributed by atoms with E-state index in [1.54, 1.807) is 0 Å². The highest BCUT2D eigenvalue weighted by Crippen LogP contribution is 2.22. The Kier molecular flexibility index (Phi) is 2.94. The van der Waals surface area contributed by atoms with E-state index in [1.165, 1.54) is 12.8 Å². The smallest absolute Gasteiger partial charge is 0.0412 e. The first-order valence-electron chi connectivity index (χ1n) is 5.03. The first-order chi connectivity index (χ1) is 6.75. The van der Waals surface area contributed by atoms with E-state index in [0.717, 1.165) is 17.1 Å². The van der Waals surface area contributed by atoms with E-state index in [-0.39, 0.29) is 0 Å². The van der Waals surface area contributed by atoms with Crippen molar-refractivity contribution in [3.63, 3.8) is 0 Å². The van der Waals surface area contributed by atoms with Crippen molar-refractivity contribution in [1.82, 2.24) is 0 Å². The average molecular weight is 211 g/mol. The van der Waals surface area contributed by atoms with Crippen molar-refractivity contribution >= 4 is 17.3 Å². The van der Waals surface area contributed by atoms with Gasteiger partial charge in [-0.25, -0.2) is 0 Å². The Morgan fingerprint density at radius 2 is 1.93 bits per heavy atom. The minimum absolute atomic E-state index is 0.297. The molecule has 1 aromatic rings. The SMILES string of the molecule is NC1CCCC1Nc1ccc(Cl)cc1. The summed E-state index contributed by atoms with van der Waals surface area (Å²) in [5.74, 6) is 0. The van der Waals surface area contributed by atoms with Gasteiger partial charge in [0.15, 0.2) is 0 Å². The second kappa shape index (κ2) is 4.20. The van der Waals surface area contributed by atoms with Gasteiger partial charge in [0.2, 0.25) is 0 Å². The number of benzene rings is 1. The summed E-state index contributed by atoms with van der Waals surface area (Å²) in [6.45, 7) is 0. The first-order valence-corrected chi connectivity index (χ1v) is 5.41. The molecule has 1 fully saturated rings. The van der Waals surface area contributed by atoms with Gasteiger partial charge in [-0.15, -0.1) is 0 Å². The Hall–Kier alpha value is -0.730. The quantitative estimate of drug-likeness (QED) is 0.788. The molecule has 0 radical (unpaired) electrons. The van der Waals surface area contributed by atoms with E-state index in [0.29, 0.717) is 12.1 Å². The zero-order valence-corrected chi connectivity index (χ0v) is 8.80. The summed E-state index contributed by atoms with van der Waals surface area (Å²) in [5.41, 5.74) is 7.08. The van der Waals surface area contributed by atoms with Crippen molar-refractivity contribution in [2.45, 2.75) is 31.3 Å². The van der Waals surface area contributed by atoms with Crippen LogP contribution in [0, 0.1) is 0 Å². The van der Waals surface area contributed by atoms with Crippen LogP contribution in [-0.2, 0) is 0 Å². The van der Waals surface area contributed by atoms with Gasteiger partial charge in [0, 0.05) is 22.8 Å². The monoisotopic (exact) mass is 210 g/mol. The van der Waals surface area contributed by atoms with Crippen molar-refractivity contribution < 1.29 is 0 Å². The van der Waals surface area contributed by atoms with Gasteiger partial charge >= 0.3 is 0 Å². The molecule has 0 aliphatic heterocycles. The van der Waals surface area contributed by atoms with Crippen LogP contribution >= 0.6 is 11.6 Å². The minimum Gasteiger partial charge on any atom is -0.381 e. The summed E-state index contributed by atoms with van der Waals surface area (Å²) in [7, 11) is 0.